The molecule has 210 valence electrons. The van der Waals surface area contributed by atoms with Gasteiger partial charge in [0.1, 0.15) is 34.2 Å². The molecular weight excluding hydrogens is 553 g/mol. The number of rotatable bonds is 3. The third kappa shape index (κ3) is 3.68. The molecule has 4 nitrogen and oxygen atoms in total. The SMILES string of the molecule is c1ccc(N(c2ccc3c(c2)Oc2cccc4c2B3c2cc3c(cc2O4)oc2ccccc23)c2ccc3ccccc3c2)cc1. The molecule has 0 N–H and O–H groups in total. The zero-order valence-corrected chi connectivity index (χ0v) is 24.1. The van der Waals surface area contributed by atoms with Crippen LogP contribution in [0.4, 0.5) is 17.1 Å². The van der Waals surface area contributed by atoms with E-state index in [4.69, 9.17) is 13.9 Å². The molecule has 0 amide bonds. The van der Waals surface area contributed by atoms with Crippen LogP contribution in [0, 0.1) is 0 Å². The van der Waals surface area contributed by atoms with Gasteiger partial charge in [-0.1, -0.05) is 84.9 Å². The van der Waals surface area contributed by atoms with Crippen LogP contribution in [0.25, 0.3) is 32.7 Å². The minimum atomic E-state index is -0.0401. The van der Waals surface area contributed by atoms with Gasteiger partial charge in [0.05, 0.1) is 0 Å². The zero-order chi connectivity index (χ0) is 29.5. The van der Waals surface area contributed by atoms with Crippen molar-refractivity contribution in [1.29, 1.82) is 0 Å². The summed E-state index contributed by atoms with van der Waals surface area (Å²) in [5, 5.41) is 4.60. The Morgan fingerprint density at radius 1 is 0.422 bits per heavy atom. The Balaban J connectivity index is 1.17. The minimum absolute atomic E-state index is 0.0401. The van der Waals surface area contributed by atoms with Crippen LogP contribution in [0.5, 0.6) is 23.0 Å². The topological polar surface area (TPSA) is 34.8 Å². The summed E-state index contributed by atoms with van der Waals surface area (Å²) in [6.07, 6.45) is 0. The summed E-state index contributed by atoms with van der Waals surface area (Å²) in [5.41, 5.74) is 8.18. The van der Waals surface area contributed by atoms with Crippen molar-refractivity contribution in [2.45, 2.75) is 0 Å². The Morgan fingerprint density at radius 2 is 1.13 bits per heavy atom. The van der Waals surface area contributed by atoms with Crippen molar-refractivity contribution < 1.29 is 13.9 Å². The van der Waals surface area contributed by atoms with E-state index in [1.54, 1.807) is 0 Å². The fraction of sp³-hybridized carbons (Fsp3) is 0. The zero-order valence-electron chi connectivity index (χ0n) is 24.1. The normalized spacial score (nSPS) is 12.8. The molecule has 8 aromatic rings. The largest absolute Gasteiger partial charge is 0.458 e. The number of benzene rings is 7. The number of para-hydroxylation sites is 2. The molecule has 45 heavy (non-hydrogen) atoms. The van der Waals surface area contributed by atoms with Crippen molar-refractivity contribution in [3.8, 4) is 23.0 Å². The van der Waals surface area contributed by atoms with E-state index in [-0.39, 0.29) is 6.71 Å². The average Bonchev–Trinajstić information content (AvgIpc) is 3.45. The highest BCUT2D eigenvalue weighted by Crippen LogP contribution is 2.41. The van der Waals surface area contributed by atoms with Crippen LogP contribution >= 0.6 is 0 Å². The fourth-order valence-corrected chi connectivity index (χ4v) is 7.11. The Bertz CT molecular complexity index is 2470. The van der Waals surface area contributed by atoms with E-state index in [0.717, 1.165) is 78.4 Å². The highest BCUT2D eigenvalue weighted by Gasteiger charge is 2.40. The second-order valence-electron chi connectivity index (χ2n) is 11.7. The first-order chi connectivity index (χ1) is 22.3. The quantitative estimate of drug-likeness (QED) is 0.197. The van der Waals surface area contributed by atoms with Gasteiger partial charge >= 0.3 is 0 Å². The third-order valence-corrected chi connectivity index (χ3v) is 9.15. The predicted molar refractivity (Wildman–Crippen MR) is 184 cm³/mol. The molecule has 0 saturated heterocycles. The van der Waals surface area contributed by atoms with Gasteiger partial charge in [0, 0.05) is 45.4 Å². The molecule has 5 heteroatoms. The van der Waals surface area contributed by atoms with Gasteiger partial charge in [-0.25, -0.2) is 0 Å². The molecule has 0 unspecified atom stereocenters. The van der Waals surface area contributed by atoms with Gasteiger partial charge in [-0.05, 0) is 70.2 Å². The van der Waals surface area contributed by atoms with Crippen LogP contribution in [-0.4, -0.2) is 6.71 Å². The van der Waals surface area contributed by atoms with Crippen LogP contribution in [-0.2, 0) is 0 Å². The molecule has 0 atom stereocenters. The van der Waals surface area contributed by atoms with E-state index in [0.29, 0.717) is 0 Å². The standard InChI is InChI=1S/C40H24BNO3/c1-2-11-27(12-3-1)42(28-18-17-25-9-4-5-10-26(25)21-28)29-19-20-32-38(22-29)44-35-15-8-16-36-40(35)41(32)33-23-31-30-13-6-7-14-34(30)43-37(31)24-39(33)45-36/h1-24H. The molecule has 0 bridgehead atoms. The van der Waals surface area contributed by atoms with E-state index >= 15 is 0 Å². The summed E-state index contributed by atoms with van der Waals surface area (Å²) in [6, 6.07) is 50.7. The van der Waals surface area contributed by atoms with Gasteiger partial charge in [-0.15, -0.1) is 0 Å². The Labute approximate surface area is 259 Å². The van der Waals surface area contributed by atoms with Crippen LogP contribution in [0.2, 0.25) is 0 Å². The van der Waals surface area contributed by atoms with E-state index in [1.165, 1.54) is 10.8 Å². The lowest BCUT2D eigenvalue weighted by molar-refractivity contribution is 0.464. The summed E-state index contributed by atoms with van der Waals surface area (Å²) < 4.78 is 19.4. The molecule has 7 aromatic carbocycles. The Morgan fingerprint density at radius 3 is 2.00 bits per heavy atom. The number of nitrogens with zero attached hydrogens (tertiary/aromatic N) is 1. The first-order valence-electron chi connectivity index (χ1n) is 15.2. The summed E-state index contributed by atoms with van der Waals surface area (Å²) in [5.74, 6) is 3.29. The fourth-order valence-electron chi connectivity index (χ4n) is 7.11. The molecular formula is C40H24BNO3. The van der Waals surface area contributed by atoms with Crippen LogP contribution in [0.3, 0.4) is 0 Å². The van der Waals surface area contributed by atoms with Crippen molar-refractivity contribution in [2.75, 3.05) is 4.90 Å². The van der Waals surface area contributed by atoms with Crippen molar-refractivity contribution in [2.24, 2.45) is 0 Å². The van der Waals surface area contributed by atoms with Gasteiger partial charge in [0.2, 0.25) is 0 Å². The lowest BCUT2D eigenvalue weighted by Crippen LogP contribution is -2.57. The van der Waals surface area contributed by atoms with Gasteiger partial charge in [-0.2, -0.15) is 0 Å². The molecule has 0 fully saturated rings. The van der Waals surface area contributed by atoms with E-state index in [9.17, 15) is 0 Å². The van der Waals surface area contributed by atoms with E-state index in [2.05, 4.69) is 114 Å². The number of fused-ring (bicyclic) bond motifs is 8. The van der Waals surface area contributed by atoms with Crippen LogP contribution < -0.4 is 30.8 Å². The minimum Gasteiger partial charge on any atom is -0.458 e. The van der Waals surface area contributed by atoms with Crippen molar-refractivity contribution in [3.63, 3.8) is 0 Å². The average molecular weight is 577 g/mol. The predicted octanol–water partition coefficient (Wildman–Crippen LogP) is 8.94. The van der Waals surface area contributed by atoms with Gasteiger partial charge < -0.3 is 18.8 Å². The maximum Gasteiger partial charge on any atom is 0.260 e. The highest BCUT2D eigenvalue weighted by molar-refractivity contribution is 6.98. The molecule has 0 saturated carbocycles. The Kier molecular flexibility index (Phi) is 5.05. The van der Waals surface area contributed by atoms with Crippen molar-refractivity contribution in [3.05, 3.63) is 146 Å². The molecule has 3 heterocycles. The van der Waals surface area contributed by atoms with Crippen LogP contribution in [0.1, 0.15) is 0 Å². The second-order valence-corrected chi connectivity index (χ2v) is 11.7. The molecule has 0 aliphatic carbocycles. The molecule has 0 radical (unpaired) electrons. The second kappa shape index (κ2) is 9.28. The first kappa shape index (κ1) is 24.5. The van der Waals surface area contributed by atoms with Gasteiger partial charge in [0.15, 0.2) is 0 Å². The van der Waals surface area contributed by atoms with Gasteiger partial charge in [0.25, 0.3) is 6.71 Å². The number of furan rings is 1. The van der Waals surface area contributed by atoms with Gasteiger partial charge in [-0.3, -0.25) is 0 Å². The van der Waals surface area contributed by atoms with Crippen LogP contribution in [0.15, 0.2) is 150 Å². The summed E-state index contributed by atoms with van der Waals surface area (Å²) in [7, 11) is 0. The summed E-state index contributed by atoms with van der Waals surface area (Å²) >= 11 is 0. The van der Waals surface area contributed by atoms with Crippen molar-refractivity contribution >= 4 is 72.9 Å². The molecule has 2 aliphatic heterocycles. The summed E-state index contributed by atoms with van der Waals surface area (Å²) in [4.78, 5) is 2.29. The molecule has 0 spiro atoms. The Hall–Kier alpha value is -5.94. The maximum absolute atomic E-state index is 6.69. The number of hydrogen-bond acceptors (Lipinski definition) is 4. The maximum atomic E-state index is 6.69. The third-order valence-electron chi connectivity index (χ3n) is 9.15. The molecule has 1 aromatic heterocycles. The number of anilines is 3. The number of hydrogen-bond donors (Lipinski definition) is 0. The lowest BCUT2D eigenvalue weighted by Gasteiger charge is -2.34. The van der Waals surface area contributed by atoms with Crippen molar-refractivity contribution in [1.82, 2.24) is 0 Å². The van der Waals surface area contributed by atoms with E-state index < -0.39 is 0 Å². The van der Waals surface area contributed by atoms with E-state index in [1.807, 2.05) is 36.4 Å². The first-order valence-corrected chi connectivity index (χ1v) is 15.2. The molecule has 2 aliphatic rings. The smallest absolute Gasteiger partial charge is 0.260 e. The highest BCUT2D eigenvalue weighted by atomic mass is 16.5. The lowest BCUT2D eigenvalue weighted by atomic mass is 9.35. The monoisotopic (exact) mass is 577 g/mol. The molecule has 10 rings (SSSR count). The summed E-state index contributed by atoms with van der Waals surface area (Å²) in [6.45, 7) is -0.0401. The number of ether oxygens (including phenoxy) is 2.